The van der Waals surface area contributed by atoms with E-state index in [0.717, 1.165) is 84.1 Å². The van der Waals surface area contributed by atoms with Crippen molar-refractivity contribution in [1.82, 2.24) is 9.80 Å². The summed E-state index contributed by atoms with van der Waals surface area (Å²) in [6.07, 6.45) is 0. The molecule has 0 saturated carbocycles. The van der Waals surface area contributed by atoms with Gasteiger partial charge in [-0.25, -0.2) is 4.99 Å². The third-order valence-electron chi connectivity index (χ3n) is 4.63. The van der Waals surface area contributed by atoms with Crippen molar-refractivity contribution in [3.05, 3.63) is 60.5 Å². The minimum absolute atomic E-state index is 0. The molecule has 2 heterocycles. The summed E-state index contributed by atoms with van der Waals surface area (Å²) in [6, 6.07) is 13.8. The number of benzene rings is 2. The molecule has 0 atom stereocenters. The Morgan fingerprint density at radius 1 is 1.04 bits per heavy atom. The van der Waals surface area contributed by atoms with Gasteiger partial charge in [-0.05, 0) is 37.4 Å². The number of hydrogen-bond donors (Lipinski definition) is 0. The fourth-order valence-corrected chi connectivity index (χ4v) is 3.39. The van der Waals surface area contributed by atoms with Gasteiger partial charge in [-0.1, -0.05) is 23.7 Å². The molecule has 136 valence electrons. The normalized spacial score (nSPS) is 16.0. The van der Waals surface area contributed by atoms with E-state index < -0.39 is 0 Å². The Morgan fingerprint density at radius 2 is 1.70 bits per heavy atom. The van der Waals surface area contributed by atoms with E-state index in [1.165, 1.54) is 0 Å². The van der Waals surface area contributed by atoms with Crippen LogP contribution in [0.1, 0.15) is 5.56 Å². The van der Waals surface area contributed by atoms with E-state index >= 15 is 0 Å². The third kappa shape index (κ3) is 4.95. The number of hydrogen-bond acceptors (Lipinski definition) is 4. The molecule has 2 aliphatic rings. The fraction of sp³-hybridized carbons (Fsp3) is 0.263. The second-order valence-corrected chi connectivity index (χ2v) is 6.68. The maximum absolute atomic E-state index is 6.41. The zero-order valence-corrected chi connectivity index (χ0v) is 20.1. The van der Waals surface area contributed by atoms with Gasteiger partial charge in [0.25, 0.3) is 0 Å². The molecular weight excluding hydrogens is 450 g/mol. The molecule has 2 aromatic rings. The Labute approximate surface area is 188 Å². The van der Waals surface area contributed by atoms with E-state index in [9.17, 15) is 0 Å². The predicted octanol–water partition coefficient (Wildman–Crippen LogP) is 4.51. The molecule has 0 bridgehead atoms. The molecule has 0 amide bonds. The van der Waals surface area contributed by atoms with Crippen LogP contribution in [-0.4, -0.2) is 56.8 Å². The Morgan fingerprint density at radius 3 is 2.41 bits per heavy atom. The fourth-order valence-electron chi connectivity index (χ4n) is 3.23. The first-order chi connectivity index (χ1) is 12.6. The van der Waals surface area contributed by atoms with Gasteiger partial charge in [0.05, 0.1) is 11.4 Å². The summed E-state index contributed by atoms with van der Waals surface area (Å²) in [5, 5.41) is 0.662. The summed E-state index contributed by atoms with van der Waals surface area (Å²) in [5.41, 5.74) is 3.67. The van der Waals surface area contributed by atoms with E-state index in [2.05, 4.69) is 27.7 Å². The maximum atomic E-state index is 6.41. The van der Waals surface area contributed by atoms with Crippen LogP contribution in [0.25, 0.3) is 0 Å². The second-order valence-electron chi connectivity index (χ2n) is 6.25. The van der Waals surface area contributed by atoms with Crippen molar-refractivity contribution in [3.63, 3.8) is 0 Å². The number of nitrogens with zero attached hydrogens (tertiary/aromatic N) is 4. The van der Waals surface area contributed by atoms with Gasteiger partial charge >= 0.3 is 34.2 Å². The molecule has 0 unspecified atom stereocenters. The number of amidine groups is 1. The van der Waals surface area contributed by atoms with Crippen molar-refractivity contribution in [3.8, 4) is 0 Å². The molecule has 0 aromatic heterocycles. The molecule has 0 aliphatic carbocycles. The molecule has 8 heteroatoms. The van der Waals surface area contributed by atoms with Crippen molar-refractivity contribution >= 4 is 47.2 Å². The second kappa shape index (κ2) is 10.4. The molecule has 1 fully saturated rings. The van der Waals surface area contributed by atoms with E-state index in [0.29, 0.717) is 5.02 Å². The molecule has 4 rings (SSSR count). The predicted molar refractivity (Wildman–Crippen MR) is 114 cm³/mol. The molecule has 1 saturated heterocycles. The Hall–Kier alpha value is -0.441. The van der Waals surface area contributed by atoms with Gasteiger partial charge in [0.15, 0.2) is 0 Å². The molecule has 2 aromatic carbocycles. The zero-order chi connectivity index (χ0) is 18.7. The van der Waals surface area contributed by atoms with Gasteiger partial charge in [-0.3, -0.25) is 0 Å². The number of halogens is 1. The average Bonchev–Trinajstić information content (AvgIpc) is 2.79. The Balaban J connectivity index is 0.000000844. The summed E-state index contributed by atoms with van der Waals surface area (Å²) >= 11 is 7.24. The molecule has 2 aliphatic heterocycles. The number of rotatable bonds is 0. The number of anilines is 2. The SMILES string of the molecule is [B]N1c2ccc(Cl)cc2N=C(N2CCN(C)CC2)c2ccccc21.[CH3-].[P]#[Y]. The van der Waals surface area contributed by atoms with Crippen LogP contribution in [0.15, 0.2) is 47.5 Å². The number of likely N-dealkylation sites (N-methyl/N-ethyl adjacent to an activating group) is 1. The van der Waals surface area contributed by atoms with Crippen LogP contribution in [0.3, 0.4) is 0 Å². The first-order valence-electron chi connectivity index (χ1n) is 8.35. The van der Waals surface area contributed by atoms with Crippen molar-refractivity contribution < 1.29 is 29.5 Å². The molecule has 2 radical (unpaired) electrons. The summed E-state index contributed by atoms with van der Waals surface area (Å²) < 4.78 is 3.66. The van der Waals surface area contributed by atoms with Crippen LogP contribution in [0, 0.1) is 7.43 Å². The summed E-state index contributed by atoms with van der Waals surface area (Å²) in [7, 11) is 8.56. The summed E-state index contributed by atoms with van der Waals surface area (Å²) in [6.45, 7) is 3.94. The number of piperazine rings is 1. The van der Waals surface area contributed by atoms with Crippen LogP contribution in [0.5, 0.6) is 0 Å². The van der Waals surface area contributed by atoms with E-state index in [1.807, 2.05) is 36.4 Å². The molecular formula is C19H21BClN4PY-. The number of para-hydroxylation sites is 1. The minimum atomic E-state index is 0. The topological polar surface area (TPSA) is 22.1 Å². The van der Waals surface area contributed by atoms with Gasteiger partial charge in [0.2, 0.25) is 7.98 Å². The van der Waals surface area contributed by atoms with E-state index in [1.54, 1.807) is 4.81 Å². The third-order valence-corrected chi connectivity index (χ3v) is 4.87. The van der Waals surface area contributed by atoms with E-state index in [-0.39, 0.29) is 7.43 Å². The van der Waals surface area contributed by atoms with Crippen molar-refractivity contribution in [2.24, 2.45) is 4.99 Å². The zero-order valence-electron chi connectivity index (χ0n) is 15.6. The molecule has 4 nitrogen and oxygen atoms in total. The Kier molecular flexibility index (Phi) is 8.77. The van der Waals surface area contributed by atoms with Crippen LogP contribution in [0.4, 0.5) is 17.1 Å². The average molecular weight is 472 g/mol. The van der Waals surface area contributed by atoms with Crippen LogP contribution in [0.2, 0.25) is 5.02 Å². The molecule has 27 heavy (non-hydrogen) atoms. The van der Waals surface area contributed by atoms with E-state index in [4.69, 9.17) is 24.6 Å². The van der Waals surface area contributed by atoms with Crippen molar-refractivity contribution in [2.75, 3.05) is 38.0 Å². The Bertz CT molecular complexity index is 853. The van der Waals surface area contributed by atoms with Crippen LogP contribution >= 0.6 is 16.4 Å². The van der Waals surface area contributed by atoms with Crippen LogP contribution in [-0.2, 0) is 29.5 Å². The number of fused-ring (bicyclic) bond motifs is 2. The van der Waals surface area contributed by atoms with Gasteiger partial charge in [-0.15, -0.1) is 0 Å². The van der Waals surface area contributed by atoms with Gasteiger partial charge in [0, 0.05) is 42.5 Å². The van der Waals surface area contributed by atoms with Crippen molar-refractivity contribution in [2.45, 2.75) is 0 Å². The summed E-state index contributed by atoms with van der Waals surface area (Å²) in [5.74, 6) is 0.968. The quantitative estimate of drug-likeness (QED) is 0.321. The molecule has 0 N–H and O–H groups in total. The monoisotopic (exact) mass is 471 g/mol. The number of aliphatic imine (C=N–C) groups is 1. The van der Waals surface area contributed by atoms with Gasteiger partial charge in [-0.2, -0.15) is 0 Å². The van der Waals surface area contributed by atoms with Crippen LogP contribution < -0.4 is 4.81 Å². The molecule has 0 spiro atoms. The standard InChI is InChI=1S/C18H18BClN4.CH3.P.Y/c1-22-8-10-23(11-9-22)18-14-4-2-3-5-16(14)24(19)17-7-6-13(20)12-15(17)21-18;;;/h2-7,12H,8-11H2,1H3;1H3;;/q;-1;;. The van der Waals surface area contributed by atoms with Gasteiger partial charge in [0.1, 0.15) is 5.84 Å². The van der Waals surface area contributed by atoms with Gasteiger partial charge < -0.3 is 22.0 Å². The first kappa shape index (κ1) is 22.8. The first-order valence-corrected chi connectivity index (χ1v) is 13.1. The van der Waals surface area contributed by atoms with Crippen molar-refractivity contribution in [1.29, 1.82) is 0 Å². The summed E-state index contributed by atoms with van der Waals surface area (Å²) in [4.78, 5) is 11.3.